The van der Waals surface area contributed by atoms with Gasteiger partial charge >= 0.3 is 0 Å². The molecule has 0 fully saturated rings. The molecule has 0 aliphatic carbocycles. The number of hydrogen-bond donors (Lipinski definition) is 1. The van der Waals surface area contributed by atoms with E-state index in [1.807, 2.05) is 0 Å². The van der Waals surface area contributed by atoms with Gasteiger partial charge < -0.3 is 0 Å². The second-order valence-corrected chi connectivity index (χ2v) is 5.32. The molecule has 0 radical (unpaired) electrons. The number of thioether (sulfide) groups is 1. The predicted molar refractivity (Wildman–Crippen MR) is 52.9 cm³/mol. The summed E-state index contributed by atoms with van der Waals surface area (Å²) >= 11 is 1.03. The third-order valence-electron chi connectivity index (χ3n) is 1.33. The first-order valence-corrected chi connectivity index (χ1v) is 6.43. The van der Waals surface area contributed by atoms with Crippen LogP contribution in [0, 0.1) is 5.82 Å². The minimum absolute atomic E-state index is 0.187. The van der Waals surface area contributed by atoms with Crippen LogP contribution in [0.15, 0.2) is 23.4 Å². The maximum atomic E-state index is 12.9. The predicted octanol–water partition coefficient (Wildman–Crippen LogP) is 0.601. The summed E-state index contributed by atoms with van der Waals surface area (Å²) < 4.78 is 34.1. The van der Waals surface area contributed by atoms with Crippen LogP contribution < -0.4 is 5.14 Å². The second kappa shape index (κ2) is 4.72. The summed E-state index contributed by atoms with van der Waals surface area (Å²) in [6.07, 6.45) is 1.45. The lowest BCUT2D eigenvalue weighted by molar-refractivity contribution is 0.587. The third-order valence-corrected chi connectivity index (χ3v) is 3.35. The van der Waals surface area contributed by atoms with Gasteiger partial charge in [-0.25, -0.2) is 22.9 Å². The van der Waals surface area contributed by atoms with E-state index >= 15 is 0 Å². The highest BCUT2D eigenvalue weighted by molar-refractivity contribution is 8.00. The molecule has 0 saturated carbocycles. The fourth-order valence-electron chi connectivity index (χ4n) is 0.732. The Morgan fingerprint density at radius 3 is 2.86 bits per heavy atom. The van der Waals surface area contributed by atoms with Crippen LogP contribution in [-0.2, 0) is 10.0 Å². The maximum absolute atomic E-state index is 12.9. The number of nitrogens with zero attached hydrogens (tertiary/aromatic N) is 1. The minimum Gasteiger partial charge on any atom is -0.247 e. The van der Waals surface area contributed by atoms with Crippen LogP contribution in [0.4, 0.5) is 4.39 Å². The number of pyridine rings is 1. The smallest absolute Gasteiger partial charge is 0.209 e. The average Bonchev–Trinajstić information content (AvgIpc) is 2.06. The molecule has 14 heavy (non-hydrogen) atoms. The van der Waals surface area contributed by atoms with E-state index in [-0.39, 0.29) is 16.5 Å². The van der Waals surface area contributed by atoms with Crippen molar-refractivity contribution in [2.24, 2.45) is 5.14 Å². The number of nitrogens with two attached hydrogens (primary N) is 1. The zero-order valence-corrected chi connectivity index (χ0v) is 8.81. The van der Waals surface area contributed by atoms with Gasteiger partial charge in [-0.1, -0.05) is 0 Å². The van der Waals surface area contributed by atoms with E-state index in [2.05, 4.69) is 4.98 Å². The summed E-state index contributed by atoms with van der Waals surface area (Å²) in [6.45, 7) is 0. The number of primary sulfonamides is 1. The molecule has 1 heterocycles. The van der Waals surface area contributed by atoms with Gasteiger partial charge in [-0.2, -0.15) is 0 Å². The Labute approximate surface area is 85.8 Å². The van der Waals surface area contributed by atoms with Gasteiger partial charge in [0.25, 0.3) is 0 Å². The van der Waals surface area contributed by atoms with Crippen molar-refractivity contribution in [3.05, 3.63) is 24.1 Å². The van der Waals surface area contributed by atoms with Gasteiger partial charge in [0.1, 0.15) is 5.03 Å². The van der Waals surface area contributed by atoms with Crippen molar-refractivity contribution in [2.45, 2.75) is 5.03 Å². The number of sulfonamides is 1. The van der Waals surface area contributed by atoms with Gasteiger partial charge in [0, 0.05) is 11.9 Å². The van der Waals surface area contributed by atoms with Crippen LogP contribution in [0.3, 0.4) is 0 Å². The Hall–Kier alpha value is -0.660. The van der Waals surface area contributed by atoms with Crippen LogP contribution in [-0.4, -0.2) is 24.9 Å². The monoisotopic (exact) mass is 236 g/mol. The number of halogens is 1. The zero-order chi connectivity index (χ0) is 10.6. The van der Waals surface area contributed by atoms with Gasteiger partial charge in [-0.15, -0.1) is 11.8 Å². The summed E-state index contributed by atoms with van der Waals surface area (Å²) in [5, 5.41) is 4.97. The molecule has 4 nitrogen and oxygen atoms in total. The van der Waals surface area contributed by atoms with Crippen LogP contribution in [0.25, 0.3) is 0 Å². The second-order valence-electron chi connectivity index (χ2n) is 2.51. The summed E-state index contributed by atoms with van der Waals surface area (Å²) in [5.41, 5.74) is 0. The van der Waals surface area contributed by atoms with Crippen molar-refractivity contribution in [1.82, 2.24) is 4.98 Å². The Kier molecular flexibility index (Phi) is 3.85. The zero-order valence-electron chi connectivity index (χ0n) is 7.18. The van der Waals surface area contributed by atoms with E-state index < -0.39 is 15.8 Å². The fourth-order valence-corrected chi connectivity index (χ4v) is 2.53. The topological polar surface area (TPSA) is 73.1 Å². The lowest BCUT2D eigenvalue weighted by Gasteiger charge is -2.00. The van der Waals surface area contributed by atoms with E-state index in [0.29, 0.717) is 0 Å². The number of hydrogen-bond acceptors (Lipinski definition) is 4. The van der Waals surface area contributed by atoms with Crippen molar-refractivity contribution < 1.29 is 12.8 Å². The van der Waals surface area contributed by atoms with Gasteiger partial charge in [-0.05, 0) is 12.1 Å². The van der Waals surface area contributed by atoms with E-state index in [1.54, 1.807) is 0 Å². The summed E-state index contributed by atoms with van der Waals surface area (Å²) in [4.78, 5) is 3.75. The molecule has 0 amide bonds. The van der Waals surface area contributed by atoms with Crippen molar-refractivity contribution >= 4 is 21.8 Å². The standard InChI is InChI=1S/C7H9FN2O2S2/c8-6-2-1-3-10-7(6)13-4-5-14(9,11)12/h1-3H,4-5H2,(H2,9,11,12). The first-order chi connectivity index (χ1) is 6.49. The van der Waals surface area contributed by atoms with Gasteiger partial charge in [0.05, 0.1) is 5.75 Å². The van der Waals surface area contributed by atoms with Crippen molar-refractivity contribution in [1.29, 1.82) is 0 Å². The van der Waals surface area contributed by atoms with Crippen LogP contribution in [0.2, 0.25) is 0 Å². The lowest BCUT2D eigenvalue weighted by Crippen LogP contribution is -2.17. The normalized spacial score (nSPS) is 11.6. The van der Waals surface area contributed by atoms with Crippen LogP contribution >= 0.6 is 11.8 Å². The molecular weight excluding hydrogens is 227 g/mol. The molecule has 0 aliphatic heterocycles. The highest BCUT2D eigenvalue weighted by atomic mass is 32.2. The molecule has 0 aliphatic rings. The lowest BCUT2D eigenvalue weighted by atomic mass is 10.5. The Morgan fingerprint density at radius 2 is 2.29 bits per heavy atom. The molecule has 78 valence electrons. The molecule has 1 aromatic heterocycles. The summed E-state index contributed by atoms with van der Waals surface area (Å²) in [5.74, 6) is -0.438. The minimum atomic E-state index is -3.48. The van der Waals surface area contributed by atoms with E-state index in [4.69, 9.17) is 5.14 Å². The quantitative estimate of drug-likeness (QED) is 0.777. The molecule has 0 atom stereocenters. The molecule has 1 aromatic rings. The molecule has 0 spiro atoms. The van der Waals surface area contributed by atoms with E-state index in [9.17, 15) is 12.8 Å². The van der Waals surface area contributed by atoms with E-state index in [1.165, 1.54) is 18.3 Å². The fraction of sp³-hybridized carbons (Fsp3) is 0.286. The molecule has 2 N–H and O–H groups in total. The molecule has 0 saturated heterocycles. The highest BCUT2D eigenvalue weighted by Crippen LogP contribution is 2.17. The highest BCUT2D eigenvalue weighted by Gasteiger charge is 2.06. The number of aromatic nitrogens is 1. The third kappa shape index (κ3) is 4.03. The Bertz CT molecular complexity index is 408. The molecule has 0 bridgehead atoms. The largest absolute Gasteiger partial charge is 0.247 e. The van der Waals surface area contributed by atoms with Crippen LogP contribution in [0.5, 0.6) is 0 Å². The maximum Gasteiger partial charge on any atom is 0.209 e. The Morgan fingerprint density at radius 1 is 1.57 bits per heavy atom. The molecule has 1 rings (SSSR count). The van der Waals surface area contributed by atoms with Crippen molar-refractivity contribution in [3.63, 3.8) is 0 Å². The average molecular weight is 236 g/mol. The van der Waals surface area contributed by atoms with Crippen LogP contribution in [0.1, 0.15) is 0 Å². The summed E-state index contributed by atoms with van der Waals surface area (Å²) in [6, 6.07) is 2.74. The first kappa shape index (κ1) is 11.4. The van der Waals surface area contributed by atoms with Gasteiger partial charge in [0.2, 0.25) is 10.0 Å². The SMILES string of the molecule is NS(=O)(=O)CCSc1ncccc1F. The van der Waals surface area contributed by atoms with E-state index in [0.717, 1.165) is 11.8 Å². The molecule has 7 heteroatoms. The number of rotatable bonds is 4. The van der Waals surface area contributed by atoms with Gasteiger partial charge in [-0.3, -0.25) is 0 Å². The van der Waals surface area contributed by atoms with Gasteiger partial charge in [0.15, 0.2) is 5.82 Å². The molecule has 0 aromatic carbocycles. The summed E-state index contributed by atoms with van der Waals surface area (Å²) in [7, 11) is -3.48. The van der Waals surface area contributed by atoms with Crippen molar-refractivity contribution in [2.75, 3.05) is 11.5 Å². The first-order valence-electron chi connectivity index (χ1n) is 3.73. The molecular formula is C7H9FN2O2S2. The Balaban J connectivity index is 2.51. The molecule has 0 unspecified atom stereocenters. The van der Waals surface area contributed by atoms with Crippen molar-refractivity contribution in [3.8, 4) is 0 Å².